The smallest absolute Gasteiger partial charge is 0.239 e. The van der Waals surface area contributed by atoms with Crippen LogP contribution in [-0.4, -0.2) is 23.4 Å². The molecule has 1 heterocycles. The predicted molar refractivity (Wildman–Crippen MR) is 69.2 cm³/mol. The number of fused-ring (bicyclic) bond motifs is 1. The molecular formula is C12H14Cl2N2O. The molecule has 5 heteroatoms. The van der Waals surface area contributed by atoms with Crippen LogP contribution in [0.25, 0.3) is 0 Å². The fourth-order valence-electron chi connectivity index (χ4n) is 2.09. The normalized spacial score (nSPS) is 16.6. The van der Waals surface area contributed by atoms with Crippen LogP contribution in [0.2, 0.25) is 10.0 Å². The van der Waals surface area contributed by atoms with E-state index >= 15 is 0 Å². The Morgan fingerprint density at radius 3 is 2.82 bits per heavy atom. The third-order valence-electron chi connectivity index (χ3n) is 2.95. The third kappa shape index (κ3) is 2.57. The Hall–Kier alpha value is -0.770. The largest absolute Gasteiger partial charge is 0.337 e. The van der Waals surface area contributed by atoms with Gasteiger partial charge in [-0.1, -0.05) is 23.2 Å². The van der Waals surface area contributed by atoms with Crippen LogP contribution in [0, 0.1) is 0 Å². The van der Waals surface area contributed by atoms with Crippen molar-refractivity contribution in [1.82, 2.24) is 4.90 Å². The van der Waals surface area contributed by atoms with E-state index in [1.807, 2.05) is 6.07 Å². The minimum Gasteiger partial charge on any atom is -0.337 e. The molecule has 0 saturated carbocycles. The molecule has 1 amide bonds. The predicted octanol–water partition coefficient (Wildman–Crippen LogP) is 2.23. The van der Waals surface area contributed by atoms with Gasteiger partial charge in [-0.25, -0.2) is 0 Å². The summed E-state index contributed by atoms with van der Waals surface area (Å²) in [5.41, 5.74) is 7.71. The first-order valence-electron chi connectivity index (χ1n) is 5.50. The molecule has 0 saturated heterocycles. The molecule has 0 radical (unpaired) electrons. The maximum absolute atomic E-state index is 11.8. The molecule has 2 N–H and O–H groups in total. The molecule has 0 unspecified atom stereocenters. The van der Waals surface area contributed by atoms with Crippen molar-refractivity contribution >= 4 is 29.1 Å². The number of nitrogens with zero attached hydrogens (tertiary/aromatic N) is 1. The summed E-state index contributed by atoms with van der Waals surface area (Å²) < 4.78 is 0. The lowest BCUT2D eigenvalue weighted by molar-refractivity contribution is -0.133. The maximum atomic E-state index is 11.8. The molecule has 3 nitrogen and oxygen atoms in total. The Morgan fingerprint density at radius 1 is 1.47 bits per heavy atom. The van der Waals surface area contributed by atoms with Crippen LogP contribution in [-0.2, 0) is 17.8 Å². The highest BCUT2D eigenvalue weighted by Gasteiger charge is 2.24. The third-order valence-corrected chi connectivity index (χ3v) is 3.50. The second-order valence-electron chi connectivity index (χ2n) is 4.32. The highest BCUT2D eigenvalue weighted by molar-refractivity contribution is 6.35. The summed E-state index contributed by atoms with van der Waals surface area (Å²) in [4.78, 5) is 13.6. The van der Waals surface area contributed by atoms with Gasteiger partial charge in [-0.05, 0) is 36.6 Å². The van der Waals surface area contributed by atoms with Crippen LogP contribution in [0.15, 0.2) is 12.1 Å². The Balaban J connectivity index is 2.27. The SMILES string of the molecule is C[C@@H](N)C(=O)N1CCc2c(Cl)cc(Cl)cc2C1. The molecule has 0 fully saturated rings. The molecule has 1 aliphatic rings. The van der Waals surface area contributed by atoms with E-state index in [1.54, 1.807) is 17.9 Å². The zero-order chi connectivity index (χ0) is 12.6. The van der Waals surface area contributed by atoms with Crippen molar-refractivity contribution < 1.29 is 4.79 Å². The van der Waals surface area contributed by atoms with E-state index in [9.17, 15) is 4.79 Å². The van der Waals surface area contributed by atoms with Gasteiger partial charge in [0.25, 0.3) is 0 Å². The lowest BCUT2D eigenvalue weighted by atomic mass is 9.99. The number of rotatable bonds is 1. The van der Waals surface area contributed by atoms with E-state index in [4.69, 9.17) is 28.9 Å². The summed E-state index contributed by atoms with van der Waals surface area (Å²) >= 11 is 12.1. The zero-order valence-electron chi connectivity index (χ0n) is 9.54. The van der Waals surface area contributed by atoms with Crippen LogP contribution >= 0.6 is 23.2 Å². The summed E-state index contributed by atoms with van der Waals surface area (Å²) in [7, 11) is 0. The van der Waals surface area contributed by atoms with E-state index in [-0.39, 0.29) is 5.91 Å². The van der Waals surface area contributed by atoms with Crippen molar-refractivity contribution in [2.45, 2.75) is 25.9 Å². The van der Waals surface area contributed by atoms with Crippen molar-refractivity contribution in [1.29, 1.82) is 0 Å². The molecular weight excluding hydrogens is 259 g/mol. The van der Waals surface area contributed by atoms with Crippen LogP contribution in [0.4, 0.5) is 0 Å². The summed E-state index contributed by atoms with van der Waals surface area (Å²) in [5, 5.41) is 1.28. The fraction of sp³-hybridized carbons (Fsp3) is 0.417. The number of carbonyl (C=O) groups is 1. The van der Waals surface area contributed by atoms with Gasteiger partial charge in [0.2, 0.25) is 5.91 Å². The molecule has 1 aliphatic heterocycles. The van der Waals surface area contributed by atoms with Gasteiger partial charge in [0.05, 0.1) is 6.04 Å². The second kappa shape index (κ2) is 4.84. The second-order valence-corrected chi connectivity index (χ2v) is 5.17. The van der Waals surface area contributed by atoms with Crippen LogP contribution in [0.3, 0.4) is 0 Å². The zero-order valence-corrected chi connectivity index (χ0v) is 11.1. The van der Waals surface area contributed by atoms with Gasteiger partial charge in [0, 0.05) is 23.1 Å². The topological polar surface area (TPSA) is 46.3 Å². The fourth-order valence-corrected chi connectivity index (χ4v) is 2.72. The van der Waals surface area contributed by atoms with Gasteiger partial charge in [-0.2, -0.15) is 0 Å². The summed E-state index contributed by atoms with van der Waals surface area (Å²) in [6.07, 6.45) is 0.754. The molecule has 92 valence electrons. The monoisotopic (exact) mass is 272 g/mol. The molecule has 0 aromatic heterocycles. The number of benzene rings is 1. The van der Waals surface area contributed by atoms with Crippen LogP contribution < -0.4 is 5.73 Å². The van der Waals surface area contributed by atoms with Gasteiger partial charge in [-0.3, -0.25) is 4.79 Å². The lowest BCUT2D eigenvalue weighted by Gasteiger charge is -2.30. The molecule has 1 aromatic carbocycles. The van der Waals surface area contributed by atoms with Crippen LogP contribution in [0.1, 0.15) is 18.1 Å². The minimum absolute atomic E-state index is 0.0354. The summed E-state index contributed by atoms with van der Waals surface area (Å²) in [6, 6.07) is 3.14. The van der Waals surface area contributed by atoms with Crippen molar-refractivity contribution in [3.8, 4) is 0 Å². The van der Waals surface area contributed by atoms with Gasteiger partial charge in [-0.15, -0.1) is 0 Å². The number of hydrogen-bond donors (Lipinski definition) is 1. The van der Waals surface area contributed by atoms with Gasteiger partial charge >= 0.3 is 0 Å². The lowest BCUT2D eigenvalue weighted by Crippen LogP contribution is -2.44. The molecule has 0 bridgehead atoms. The highest BCUT2D eigenvalue weighted by atomic mass is 35.5. The Morgan fingerprint density at radius 2 is 2.18 bits per heavy atom. The van der Waals surface area contributed by atoms with Gasteiger partial charge in [0.15, 0.2) is 0 Å². The van der Waals surface area contributed by atoms with E-state index in [2.05, 4.69) is 0 Å². The molecule has 1 aromatic rings. The number of carbonyl (C=O) groups excluding carboxylic acids is 1. The Labute approximate surface area is 110 Å². The van der Waals surface area contributed by atoms with Crippen molar-refractivity contribution in [3.63, 3.8) is 0 Å². The van der Waals surface area contributed by atoms with E-state index in [0.717, 1.165) is 17.5 Å². The molecule has 0 spiro atoms. The maximum Gasteiger partial charge on any atom is 0.239 e. The average molecular weight is 273 g/mol. The quantitative estimate of drug-likeness (QED) is 0.852. The number of hydrogen-bond acceptors (Lipinski definition) is 2. The van der Waals surface area contributed by atoms with E-state index in [1.165, 1.54) is 0 Å². The van der Waals surface area contributed by atoms with Crippen molar-refractivity contribution in [3.05, 3.63) is 33.3 Å². The van der Waals surface area contributed by atoms with E-state index < -0.39 is 6.04 Å². The highest BCUT2D eigenvalue weighted by Crippen LogP contribution is 2.29. The van der Waals surface area contributed by atoms with Crippen molar-refractivity contribution in [2.24, 2.45) is 5.73 Å². The molecule has 17 heavy (non-hydrogen) atoms. The minimum atomic E-state index is -0.466. The van der Waals surface area contributed by atoms with Gasteiger partial charge < -0.3 is 10.6 Å². The standard InChI is InChI=1S/C12H14Cl2N2O/c1-7(15)12(17)16-3-2-10-8(6-16)4-9(13)5-11(10)14/h4-5,7H,2-3,6,15H2,1H3/t7-/m1/s1. The molecule has 0 aliphatic carbocycles. The molecule has 2 rings (SSSR count). The Kier molecular flexibility index (Phi) is 3.61. The first kappa shape index (κ1) is 12.7. The van der Waals surface area contributed by atoms with Crippen LogP contribution in [0.5, 0.6) is 0 Å². The first-order valence-corrected chi connectivity index (χ1v) is 6.26. The summed E-state index contributed by atoms with van der Waals surface area (Å²) in [6.45, 7) is 2.90. The first-order chi connectivity index (χ1) is 7.99. The average Bonchev–Trinajstić information content (AvgIpc) is 2.26. The number of amides is 1. The summed E-state index contributed by atoms with van der Waals surface area (Å²) in [5.74, 6) is -0.0354. The van der Waals surface area contributed by atoms with Crippen molar-refractivity contribution in [2.75, 3.05) is 6.54 Å². The number of halogens is 2. The molecule has 1 atom stereocenters. The number of nitrogens with two attached hydrogens (primary N) is 1. The van der Waals surface area contributed by atoms with E-state index in [0.29, 0.717) is 23.1 Å². The van der Waals surface area contributed by atoms with Gasteiger partial charge in [0.1, 0.15) is 0 Å². The Bertz CT molecular complexity index is 460.